The summed E-state index contributed by atoms with van der Waals surface area (Å²) in [4.78, 5) is 26.0. The Morgan fingerprint density at radius 3 is 2.27 bits per heavy atom. The number of carbonyl (C=O) groups is 2. The molecule has 1 N–H and O–H groups in total. The normalized spacial score (nSPS) is 20.9. The van der Waals surface area contributed by atoms with Gasteiger partial charge in [0, 0.05) is 30.0 Å². The van der Waals surface area contributed by atoms with Gasteiger partial charge in [-0.3, -0.25) is 9.59 Å². The van der Waals surface area contributed by atoms with Crippen LogP contribution in [-0.2, 0) is 15.0 Å². The number of hydrogen-bond acceptors (Lipinski definition) is 4. The zero-order valence-corrected chi connectivity index (χ0v) is 20.2. The lowest BCUT2D eigenvalue weighted by molar-refractivity contribution is -0.122. The molecule has 0 aromatic heterocycles. The average molecular weight is 448 g/mol. The molecule has 174 valence electrons. The average Bonchev–Trinajstić information content (AvgIpc) is 2.78. The van der Waals surface area contributed by atoms with Crippen LogP contribution in [0.5, 0.6) is 11.5 Å². The summed E-state index contributed by atoms with van der Waals surface area (Å²) in [6.07, 6.45) is 1.37. The van der Waals surface area contributed by atoms with Crippen molar-refractivity contribution in [1.82, 2.24) is 5.32 Å². The molecule has 1 amide bonds. The lowest BCUT2D eigenvalue weighted by atomic mass is 9.73. The zero-order chi connectivity index (χ0) is 23.8. The van der Waals surface area contributed by atoms with Crippen LogP contribution in [0.25, 0.3) is 0 Å². The highest BCUT2D eigenvalue weighted by Gasteiger charge is 2.38. The zero-order valence-electron chi connectivity index (χ0n) is 20.2. The number of nitrogens with one attached hydrogen (secondary N) is 1. The first-order valence-corrected chi connectivity index (χ1v) is 11.7. The van der Waals surface area contributed by atoms with Gasteiger partial charge < -0.3 is 14.8 Å². The highest BCUT2D eigenvalue weighted by atomic mass is 16.5. The first-order chi connectivity index (χ1) is 15.7. The summed E-state index contributed by atoms with van der Waals surface area (Å²) >= 11 is 0. The van der Waals surface area contributed by atoms with E-state index in [1.54, 1.807) is 7.11 Å². The summed E-state index contributed by atoms with van der Waals surface area (Å²) in [5.74, 6) is 1.13. The predicted molar refractivity (Wildman–Crippen MR) is 129 cm³/mol. The van der Waals surface area contributed by atoms with Gasteiger partial charge in [0.15, 0.2) is 17.3 Å². The van der Waals surface area contributed by atoms with Crippen molar-refractivity contribution in [3.8, 4) is 11.5 Å². The molecule has 0 radical (unpaired) electrons. The monoisotopic (exact) mass is 447 g/mol. The van der Waals surface area contributed by atoms with Crippen LogP contribution < -0.4 is 14.8 Å². The molecule has 0 fully saturated rings. The second-order valence-corrected chi connectivity index (χ2v) is 9.94. The van der Waals surface area contributed by atoms with Crippen LogP contribution in [0.1, 0.15) is 75.5 Å². The number of methoxy groups -OCH3 is 1. The van der Waals surface area contributed by atoms with E-state index < -0.39 is 0 Å². The van der Waals surface area contributed by atoms with Gasteiger partial charge in [0.2, 0.25) is 5.91 Å². The number of allylic oxidation sites excluding steroid dienone is 2. The summed E-state index contributed by atoms with van der Waals surface area (Å²) in [6, 6.07) is 14.2. The number of amides is 1. The van der Waals surface area contributed by atoms with Gasteiger partial charge in [-0.15, -0.1) is 0 Å². The number of carbonyl (C=O) groups excluding carboxylic acids is 2. The second-order valence-electron chi connectivity index (χ2n) is 9.94. The molecule has 1 aliphatic heterocycles. The largest absolute Gasteiger partial charge is 0.493 e. The molecule has 1 aliphatic carbocycles. The van der Waals surface area contributed by atoms with Gasteiger partial charge in [-0.2, -0.15) is 0 Å². The fraction of sp³-hybridized carbons (Fsp3) is 0.429. The molecular weight excluding hydrogens is 414 g/mol. The van der Waals surface area contributed by atoms with Crippen molar-refractivity contribution in [1.29, 1.82) is 0 Å². The molecule has 0 saturated carbocycles. The third-order valence-electron chi connectivity index (χ3n) is 6.67. The molecule has 4 rings (SSSR count). The van der Waals surface area contributed by atoms with E-state index in [1.165, 1.54) is 5.56 Å². The van der Waals surface area contributed by atoms with Crippen molar-refractivity contribution in [2.75, 3.05) is 13.7 Å². The van der Waals surface area contributed by atoms with E-state index in [0.717, 1.165) is 22.4 Å². The minimum atomic E-state index is -0.268. The maximum Gasteiger partial charge on any atom is 0.225 e. The molecule has 5 heteroatoms. The lowest BCUT2D eigenvalue weighted by Crippen LogP contribution is -2.38. The number of Topliss-reactive ketones (excluding diaryl/α,β-unsaturated/α-hetero) is 1. The highest BCUT2D eigenvalue weighted by molar-refractivity contribution is 6.02. The Kier molecular flexibility index (Phi) is 6.33. The number of benzene rings is 2. The third-order valence-corrected chi connectivity index (χ3v) is 6.67. The standard InChI is InChI=1S/C28H33NO4/c1-6-33-24-12-9-18(15-25(24)32-5)21-16-26(31)29-22-13-19(14-23(30)27(21)22)17-7-10-20(11-8-17)28(2,3)4/h7-12,15,19,21H,6,13-14,16H2,1-5H3,(H,29,31). The molecule has 2 unspecified atom stereocenters. The van der Waals surface area contributed by atoms with E-state index in [9.17, 15) is 9.59 Å². The molecule has 2 aliphatic rings. The fourth-order valence-electron chi connectivity index (χ4n) is 4.91. The van der Waals surface area contributed by atoms with E-state index in [4.69, 9.17) is 9.47 Å². The van der Waals surface area contributed by atoms with Gasteiger partial charge in [-0.1, -0.05) is 51.1 Å². The Hall–Kier alpha value is -3.08. The van der Waals surface area contributed by atoms with Gasteiger partial charge in [0.05, 0.1) is 13.7 Å². The van der Waals surface area contributed by atoms with Gasteiger partial charge >= 0.3 is 0 Å². The van der Waals surface area contributed by atoms with Crippen LogP contribution in [0.3, 0.4) is 0 Å². The number of ketones is 1. The molecule has 1 heterocycles. The SMILES string of the molecule is CCOc1ccc(C2CC(=O)NC3=C2C(=O)CC(c2ccc(C(C)(C)C)cc2)C3)cc1OC. The number of rotatable bonds is 5. The molecule has 0 bridgehead atoms. The van der Waals surface area contributed by atoms with Crippen molar-refractivity contribution in [3.05, 3.63) is 70.4 Å². The van der Waals surface area contributed by atoms with E-state index in [2.05, 4.69) is 50.4 Å². The van der Waals surface area contributed by atoms with Crippen LogP contribution >= 0.6 is 0 Å². The van der Waals surface area contributed by atoms with Crippen LogP contribution in [0.4, 0.5) is 0 Å². The molecule has 33 heavy (non-hydrogen) atoms. The highest BCUT2D eigenvalue weighted by Crippen LogP contribution is 2.44. The number of hydrogen-bond donors (Lipinski definition) is 1. The molecule has 2 aromatic carbocycles. The van der Waals surface area contributed by atoms with Crippen LogP contribution in [0, 0.1) is 0 Å². The van der Waals surface area contributed by atoms with E-state index in [0.29, 0.717) is 30.9 Å². The Morgan fingerprint density at radius 1 is 0.939 bits per heavy atom. The van der Waals surface area contributed by atoms with Gasteiger partial charge in [-0.05, 0) is 53.5 Å². The smallest absolute Gasteiger partial charge is 0.225 e. The Labute approximate surface area is 196 Å². The summed E-state index contributed by atoms with van der Waals surface area (Å²) in [5, 5.41) is 3.01. The molecule has 2 aromatic rings. The fourth-order valence-corrected chi connectivity index (χ4v) is 4.91. The van der Waals surface area contributed by atoms with Crippen molar-refractivity contribution in [2.24, 2.45) is 0 Å². The molecular formula is C28H33NO4. The van der Waals surface area contributed by atoms with Gasteiger partial charge in [0.1, 0.15) is 0 Å². The summed E-state index contributed by atoms with van der Waals surface area (Å²) in [6.45, 7) is 9.03. The third kappa shape index (κ3) is 4.68. The van der Waals surface area contributed by atoms with E-state index in [1.807, 2.05) is 25.1 Å². The molecule has 0 spiro atoms. The molecule has 0 saturated heterocycles. The minimum Gasteiger partial charge on any atom is -0.493 e. The Bertz CT molecular complexity index is 1090. The number of ether oxygens (including phenoxy) is 2. The van der Waals surface area contributed by atoms with Crippen LogP contribution in [0.15, 0.2) is 53.7 Å². The first kappa shape index (κ1) is 23.1. The van der Waals surface area contributed by atoms with Crippen molar-refractivity contribution in [3.63, 3.8) is 0 Å². The van der Waals surface area contributed by atoms with E-state index in [-0.39, 0.29) is 35.4 Å². The van der Waals surface area contributed by atoms with Crippen molar-refractivity contribution in [2.45, 2.75) is 64.2 Å². The van der Waals surface area contributed by atoms with Gasteiger partial charge in [0.25, 0.3) is 0 Å². The summed E-state index contributed by atoms with van der Waals surface area (Å²) < 4.78 is 11.1. The first-order valence-electron chi connectivity index (χ1n) is 11.7. The quantitative estimate of drug-likeness (QED) is 0.667. The lowest BCUT2D eigenvalue weighted by Gasteiger charge is -2.34. The summed E-state index contributed by atoms with van der Waals surface area (Å²) in [5.41, 5.74) is 4.90. The van der Waals surface area contributed by atoms with Crippen molar-refractivity contribution < 1.29 is 19.1 Å². The maximum absolute atomic E-state index is 13.4. The predicted octanol–water partition coefficient (Wildman–Crippen LogP) is 5.40. The van der Waals surface area contributed by atoms with Crippen molar-refractivity contribution >= 4 is 11.7 Å². The van der Waals surface area contributed by atoms with Crippen LogP contribution in [0.2, 0.25) is 0 Å². The molecule has 2 atom stereocenters. The topological polar surface area (TPSA) is 64.6 Å². The van der Waals surface area contributed by atoms with Gasteiger partial charge in [-0.25, -0.2) is 0 Å². The Balaban J connectivity index is 1.65. The molecule has 5 nitrogen and oxygen atoms in total. The van der Waals surface area contributed by atoms with Crippen LogP contribution in [-0.4, -0.2) is 25.4 Å². The minimum absolute atomic E-state index is 0.0527. The second kappa shape index (κ2) is 9.05. The Morgan fingerprint density at radius 2 is 1.64 bits per heavy atom. The van der Waals surface area contributed by atoms with E-state index >= 15 is 0 Å². The maximum atomic E-state index is 13.4. The summed E-state index contributed by atoms with van der Waals surface area (Å²) in [7, 11) is 1.60.